The van der Waals surface area contributed by atoms with Gasteiger partial charge in [-0.3, -0.25) is 4.79 Å². The Bertz CT molecular complexity index is 279. The third-order valence-electron chi connectivity index (χ3n) is 2.16. The standard InChI is InChI=1S/C13H20N2O/c1-6-9-15(10-7-2,11-8-3)14-13(16)12(4)5/h6-8H,1-4,9-11H2,5H3/p+1. The van der Waals surface area contributed by atoms with Crippen molar-refractivity contribution >= 4 is 5.91 Å². The summed E-state index contributed by atoms with van der Waals surface area (Å²) in [6.45, 7) is 18.3. The van der Waals surface area contributed by atoms with Gasteiger partial charge in [0, 0.05) is 5.57 Å². The molecule has 0 aromatic heterocycles. The molecular formula is C13H21N2O+. The molecule has 0 aliphatic carbocycles. The summed E-state index contributed by atoms with van der Waals surface area (Å²) in [5, 5.41) is 0. The van der Waals surface area contributed by atoms with Gasteiger partial charge >= 0.3 is 0 Å². The van der Waals surface area contributed by atoms with E-state index < -0.39 is 0 Å². The molecule has 0 radical (unpaired) electrons. The van der Waals surface area contributed by atoms with Crippen LogP contribution in [-0.4, -0.2) is 30.1 Å². The Labute approximate surface area is 98.0 Å². The number of hydrogen-bond acceptors (Lipinski definition) is 1. The highest BCUT2D eigenvalue weighted by molar-refractivity contribution is 5.91. The van der Waals surface area contributed by atoms with Gasteiger partial charge in [0.1, 0.15) is 19.6 Å². The maximum atomic E-state index is 11.7. The van der Waals surface area contributed by atoms with Gasteiger partial charge in [-0.25, -0.2) is 4.59 Å². The van der Waals surface area contributed by atoms with Crippen LogP contribution >= 0.6 is 0 Å². The van der Waals surface area contributed by atoms with Crippen LogP contribution in [0.3, 0.4) is 0 Å². The maximum absolute atomic E-state index is 11.7. The van der Waals surface area contributed by atoms with Crippen molar-refractivity contribution in [1.29, 1.82) is 0 Å². The molecule has 0 saturated heterocycles. The van der Waals surface area contributed by atoms with E-state index in [1.165, 1.54) is 0 Å². The smallest absolute Gasteiger partial charge is 0.265 e. The number of nitrogens with one attached hydrogen (secondary N) is 1. The highest BCUT2D eigenvalue weighted by atomic mass is 16.2. The van der Waals surface area contributed by atoms with E-state index >= 15 is 0 Å². The van der Waals surface area contributed by atoms with Crippen LogP contribution in [0, 0.1) is 0 Å². The van der Waals surface area contributed by atoms with Crippen molar-refractivity contribution in [3.8, 4) is 0 Å². The van der Waals surface area contributed by atoms with Crippen LogP contribution in [0.1, 0.15) is 6.92 Å². The van der Waals surface area contributed by atoms with Crippen LogP contribution in [0.2, 0.25) is 0 Å². The third-order valence-corrected chi connectivity index (χ3v) is 2.16. The average molecular weight is 221 g/mol. The number of hydrogen-bond donors (Lipinski definition) is 1. The summed E-state index contributed by atoms with van der Waals surface area (Å²) >= 11 is 0. The first kappa shape index (κ1) is 14.4. The lowest BCUT2D eigenvalue weighted by atomic mass is 10.3. The van der Waals surface area contributed by atoms with Crippen LogP contribution in [0.5, 0.6) is 0 Å². The van der Waals surface area contributed by atoms with Crippen molar-refractivity contribution < 1.29 is 9.39 Å². The second kappa shape index (κ2) is 6.80. The summed E-state index contributed by atoms with van der Waals surface area (Å²) in [6, 6.07) is 0. The summed E-state index contributed by atoms with van der Waals surface area (Å²) in [6.07, 6.45) is 5.31. The van der Waals surface area contributed by atoms with Gasteiger partial charge in [0.2, 0.25) is 0 Å². The first-order valence-electron chi connectivity index (χ1n) is 5.18. The minimum Gasteiger partial charge on any atom is -0.265 e. The number of rotatable bonds is 8. The molecule has 0 saturated carbocycles. The summed E-state index contributed by atoms with van der Waals surface area (Å²) in [4.78, 5) is 11.7. The number of carbonyl (C=O) groups excluding carboxylic acids is 1. The van der Waals surface area contributed by atoms with Gasteiger partial charge in [-0.15, -0.1) is 0 Å². The Balaban J connectivity index is 4.91. The van der Waals surface area contributed by atoms with Crippen LogP contribution in [0.15, 0.2) is 50.1 Å². The van der Waals surface area contributed by atoms with Gasteiger partial charge in [0.05, 0.1) is 0 Å². The largest absolute Gasteiger partial charge is 0.291 e. The van der Waals surface area contributed by atoms with E-state index in [4.69, 9.17) is 0 Å². The van der Waals surface area contributed by atoms with Gasteiger partial charge in [-0.1, -0.05) is 26.3 Å². The van der Waals surface area contributed by atoms with E-state index in [-0.39, 0.29) is 5.91 Å². The number of quaternary nitrogens is 1. The molecule has 3 nitrogen and oxygen atoms in total. The third kappa shape index (κ3) is 4.28. The van der Waals surface area contributed by atoms with E-state index in [2.05, 4.69) is 31.7 Å². The summed E-state index contributed by atoms with van der Waals surface area (Å²) in [5.41, 5.74) is 3.40. The predicted octanol–water partition coefficient (Wildman–Crippen LogP) is 1.97. The molecule has 0 heterocycles. The molecule has 16 heavy (non-hydrogen) atoms. The number of nitrogens with zero attached hydrogens (tertiary/aromatic N) is 1. The Morgan fingerprint density at radius 2 is 1.50 bits per heavy atom. The fourth-order valence-electron chi connectivity index (χ4n) is 1.41. The van der Waals surface area contributed by atoms with Crippen molar-refractivity contribution in [2.75, 3.05) is 19.6 Å². The Hall–Kier alpha value is -1.61. The fraction of sp³-hybridized carbons (Fsp3) is 0.308. The second-order valence-corrected chi connectivity index (χ2v) is 3.78. The van der Waals surface area contributed by atoms with E-state index in [0.717, 1.165) is 0 Å². The topological polar surface area (TPSA) is 29.1 Å². The van der Waals surface area contributed by atoms with E-state index in [1.54, 1.807) is 25.2 Å². The van der Waals surface area contributed by atoms with Gasteiger partial charge in [0.15, 0.2) is 0 Å². The van der Waals surface area contributed by atoms with E-state index in [1.807, 2.05) is 0 Å². The molecule has 0 fully saturated rings. The van der Waals surface area contributed by atoms with Crippen molar-refractivity contribution in [3.63, 3.8) is 0 Å². The lowest BCUT2D eigenvalue weighted by Crippen LogP contribution is -2.60. The van der Waals surface area contributed by atoms with E-state index in [9.17, 15) is 4.79 Å². The van der Waals surface area contributed by atoms with Crippen LogP contribution in [0.25, 0.3) is 0 Å². The highest BCUT2D eigenvalue weighted by Crippen LogP contribution is 2.05. The molecule has 1 N–H and O–H groups in total. The molecule has 0 bridgehead atoms. The number of amides is 1. The average Bonchev–Trinajstić information content (AvgIpc) is 2.18. The quantitative estimate of drug-likeness (QED) is 0.289. The summed E-state index contributed by atoms with van der Waals surface area (Å²) < 4.78 is 0.349. The fourth-order valence-corrected chi connectivity index (χ4v) is 1.41. The minimum absolute atomic E-state index is 0.162. The van der Waals surface area contributed by atoms with Gasteiger partial charge in [-0.05, 0) is 25.2 Å². The molecule has 0 aromatic carbocycles. The summed E-state index contributed by atoms with van der Waals surface area (Å²) in [7, 11) is 0. The predicted molar refractivity (Wildman–Crippen MR) is 68.4 cm³/mol. The van der Waals surface area contributed by atoms with Gasteiger partial charge < -0.3 is 0 Å². The molecule has 0 aliphatic rings. The van der Waals surface area contributed by atoms with Gasteiger partial charge in [0.25, 0.3) is 5.91 Å². The Morgan fingerprint density at radius 3 is 1.75 bits per heavy atom. The van der Waals surface area contributed by atoms with Gasteiger partial charge in [-0.2, -0.15) is 5.43 Å². The first-order chi connectivity index (χ1) is 7.51. The molecule has 0 spiro atoms. The van der Waals surface area contributed by atoms with Crippen LogP contribution in [0.4, 0.5) is 0 Å². The second-order valence-electron chi connectivity index (χ2n) is 3.78. The maximum Gasteiger partial charge on any atom is 0.291 e. The molecule has 88 valence electrons. The molecule has 3 heteroatoms. The lowest BCUT2D eigenvalue weighted by Gasteiger charge is -2.34. The number of carbonyl (C=O) groups is 1. The molecule has 0 rings (SSSR count). The Kier molecular flexibility index (Phi) is 6.11. The first-order valence-corrected chi connectivity index (χ1v) is 5.18. The highest BCUT2D eigenvalue weighted by Gasteiger charge is 2.26. The zero-order valence-electron chi connectivity index (χ0n) is 10.0. The molecule has 1 amide bonds. The van der Waals surface area contributed by atoms with E-state index in [0.29, 0.717) is 29.8 Å². The van der Waals surface area contributed by atoms with Crippen molar-refractivity contribution in [2.45, 2.75) is 6.92 Å². The van der Waals surface area contributed by atoms with Crippen molar-refractivity contribution in [3.05, 3.63) is 50.1 Å². The zero-order chi connectivity index (χ0) is 12.6. The molecule has 0 unspecified atom stereocenters. The lowest BCUT2D eigenvalue weighted by molar-refractivity contribution is -0.945. The van der Waals surface area contributed by atoms with Crippen LogP contribution < -0.4 is 5.43 Å². The van der Waals surface area contributed by atoms with Crippen molar-refractivity contribution in [2.24, 2.45) is 0 Å². The van der Waals surface area contributed by atoms with Crippen LogP contribution in [-0.2, 0) is 4.79 Å². The molecule has 0 atom stereocenters. The molecular weight excluding hydrogens is 200 g/mol. The minimum atomic E-state index is -0.162. The molecule has 0 aromatic rings. The zero-order valence-corrected chi connectivity index (χ0v) is 10.0. The normalized spacial score (nSPS) is 10.3. The monoisotopic (exact) mass is 221 g/mol. The summed E-state index contributed by atoms with van der Waals surface area (Å²) in [5.74, 6) is -0.162. The Morgan fingerprint density at radius 1 is 1.12 bits per heavy atom. The molecule has 0 aliphatic heterocycles. The SMILES string of the molecule is C=CC[N+](CC=C)(CC=C)NC(=O)C(=C)C. The van der Waals surface area contributed by atoms with Crippen molar-refractivity contribution in [1.82, 2.24) is 5.43 Å².